The van der Waals surface area contributed by atoms with E-state index in [0.29, 0.717) is 0 Å². The minimum atomic E-state index is 1.19. The highest BCUT2D eigenvalue weighted by Crippen LogP contribution is 2.42. The molecule has 1 N–H and O–H groups in total. The Kier molecular flexibility index (Phi) is 2.91. The second kappa shape index (κ2) is 5.68. The van der Waals surface area contributed by atoms with Gasteiger partial charge in [0.2, 0.25) is 0 Å². The molecule has 0 bridgehead atoms. The Bertz CT molecular complexity index is 2040. The number of para-hydroxylation sites is 1. The maximum absolute atomic E-state index is 3.81. The molecule has 8 aromatic rings. The van der Waals surface area contributed by atoms with E-state index in [4.69, 9.17) is 0 Å². The summed E-state index contributed by atoms with van der Waals surface area (Å²) in [6, 6.07) is 37.5. The third kappa shape index (κ3) is 1.86. The van der Waals surface area contributed by atoms with Crippen LogP contribution in [-0.4, -0.2) is 9.38 Å². The molecular formula is C30H18N2. The van der Waals surface area contributed by atoms with Gasteiger partial charge in [-0.25, -0.2) is 0 Å². The molecule has 0 aliphatic heterocycles. The summed E-state index contributed by atoms with van der Waals surface area (Å²) in [6.07, 6.45) is 0. The van der Waals surface area contributed by atoms with E-state index in [1.54, 1.807) is 0 Å². The monoisotopic (exact) mass is 406 g/mol. The van der Waals surface area contributed by atoms with Crippen molar-refractivity contribution in [3.63, 3.8) is 0 Å². The molecule has 0 atom stereocenters. The van der Waals surface area contributed by atoms with Crippen molar-refractivity contribution < 1.29 is 0 Å². The van der Waals surface area contributed by atoms with Crippen LogP contribution in [-0.2, 0) is 0 Å². The quantitative estimate of drug-likeness (QED) is 0.262. The van der Waals surface area contributed by atoms with Crippen LogP contribution in [0, 0.1) is 0 Å². The molecule has 3 aromatic heterocycles. The molecule has 0 spiro atoms. The molecule has 3 heterocycles. The maximum atomic E-state index is 3.81. The molecule has 0 saturated heterocycles. The van der Waals surface area contributed by atoms with Crippen molar-refractivity contribution in [3.05, 3.63) is 103 Å². The predicted octanol–water partition coefficient (Wildman–Crippen LogP) is 8.19. The van der Waals surface area contributed by atoms with E-state index in [-0.39, 0.29) is 0 Å². The van der Waals surface area contributed by atoms with E-state index >= 15 is 0 Å². The highest BCUT2D eigenvalue weighted by molar-refractivity contribution is 6.31. The normalized spacial score (nSPS) is 12.4. The first-order valence-corrected chi connectivity index (χ1v) is 11.1. The van der Waals surface area contributed by atoms with E-state index < -0.39 is 0 Å². The molecule has 32 heavy (non-hydrogen) atoms. The van der Waals surface area contributed by atoms with Crippen molar-refractivity contribution >= 4 is 70.7 Å². The SMILES string of the molecule is c1ccc2c(c1)ccc1c2c2[nH]c3cccc4c5ccccc5c5ccccc5n1c2c34. The van der Waals surface area contributed by atoms with Gasteiger partial charge >= 0.3 is 0 Å². The lowest BCUT2D eigenvalue weighted by Crippen LogP contribution is -1.89. The molecule has 5 aromatic carbocycles. The zero-order valence-corrected chi connectivity index (χ0v) is 17.3. The second-order valence-corrected chi connectivity index (χ2v) is 8.66. The molecule has 0 aliphatic rings. The third-order valence-electron chi connectivity index (χ3n) is 7.07. The van der Waals surface area contributed by atoms with Crippen LogP contribution in [0.25, 0.3) is 70.7 Å². The number of benzene rings is 5. The Morgan fingerprint density at radius 1 is 0.469 bits per heavy atom. The third-order valence-corrected chi connectivity index (χ3v) is 7.07. The highest BCUT2D eigenvalue weighted by Gasteiger charge is 2.19. The van der Waals surface area contributed by atoms with Gasteiger partial charge in [0.15, 0.2) is 0 Å². The number of aromatic nitrogens is 2. The predicted molar refractivity (Wildman–Crippen MR) is 137 cm³/mol. The summed E-state index contributed by atoms with van der Waals surface area (Å²) >= 11 is 0. The van der Waals surface area contributed by atoms with Crippen LogP contribution in [0.1, 0.15) is 0 Å². The smallest absolute Gasteiger partial charge is 0.0804 e. The number of nitrogens with one attached hydrogen (secondary N) is 1. The Balaban J connectivity index is 1.88. The van der Waals surface area contributed by atoms with Crippen LogP contribution < -0.4 is 0 Å². The molecule has 148 valence electrons. The number of nitrogens with zero attached hydrogens (tertiary/aromatic N) is 1. The second-order valence-electron chi connectivity index (χ2n) is 8.66. The highest BCUT2D eigenvalue weighted by atomic mass is 14.9. The first-order chi connectivity index (χ1) is 15.9. The molecule has 2 heteroatoms. The van der Waals surface area contributed by atoms with Crippen molar-refractivity contribution in [3.8, 4) is 0 Å². The van der Waals surface area contributed by atoms with E-state index in [0.717, 1.165) is 0 Å². The van der Waals surface area contributed by atoms with Crippen LogP contribution in [0.5, 0.6) is 0 Å². The maximum Gasteiger partial charge on any atom is 0.0804 e. The van der Waals surface area contributed by atoms with Crippen LogP contribution in [0.3, 0.4) is 0 Å². The molecule has 0 aliphatic carbocycles. The average Bonchev–Trinajstić information content (AvgIpc) is 3.37. The number of H-pyrrole nitrogens is 1. The standard InChI is InChI=1S/C30H18N2/c1-2-9-19-18(8-1)16-17-26-28(19)29-30-27-23(13-7-14-24(27)31-29)21-11-4-3-10-20(21)22-12-5-6-15-25(22)32(26)30/h1-17,31H. The van der Waals surface area contributed by atoms with Crippen molar-refractivity contribution in [2.24, 2.45) is 0 Å². The number of aromatic amines is 1. The molecule has 8 rings (SSSR count). The fraction of sp³-hybridized carbons (Fsp3) is 0. The van der Waals surface area contributed by atoms with Crippen LogP contribution in [0.4, 0.5) is 0 Å². The van der Waals surface area contributed by atoms with Crippen molar-refractivity contribution in [1.82, 2.24) is 9.38 Å². The zero-order valence-electron chi connectivity index (χ0n) is 17.3. The molecule has 0 saturated carbocycles. The Morgan fingerprint density at radius 3 is 2.03 bits per heavy atom. The van der Waals surface area contributed by atoms with Gasteiger partial charge in [-0.1, -0.05) is 84.9 Å². The Labute approximate surface area is 183 Å². The molecule has 0 fully saturated rings. The van der Waals surface area contributed by atoms with Gasteiger partial charge in [0.1, 0.15) is 0 Å². The van der Waals surface area contributed by atoms with E-state index in [2.05, 4.69) is 113 Å². The Hall–Kier alpha value is -4.30. The number of hydrogen-bond acceptors (Lipinski definition) is 0. The lowest BCUT2D eigenvalue weighted by Gasteiger charge is -2.09. The van der Waals surface area contributed by atoms with Crippen LogP contribution >= 0.6 is 0 Å². The van der Waals surface area contributed by atoms with E-state index in [1.807, 2.05) is 0 Å². The summed E-state index contributed by atoms with van der Waals surface area (Å²) < 4.78 is 2.48. The van der Waals surface area contributed by atoms with Gasteiger partial charge in [-0.05, 0) is 45.1 Å². The van der Waals surface area contributed by atoms with Crippen LogP contribution in [0.2, 0.25) is 0 Å². The summed E-state index contributed by atoms with van der Waals surface area (Å²) in [6.45, 7) is 0. The molecule has 0 amide bonds. The zero-order chi connectivity index (χ0) is 20.8. The minimum absolute atomic E-state index is 1.19. The van der Waals surface area contributed by atoms with Gasteiger partial charge < -0.3 is 9.38 Å². The fourth-order valence-corrected chi connectivity index (χ4v) is 5.79. The first kappa shape index (κ1) is 16.4. The lowest BCUT2D eigenvalue weighted by molar-refractivity contribution is 1.36. The first-order valence-electron chi connectivity index (χ1n) is 11.1. The van der Waals surface area contributed by atoms with Gasteiger partial charge in [-0.2, -0.15) is 0 Å². The van der Waals surface area contributed by atoms with Gasteiger partial charge in [-0.15, -0.1) is 0 Å². The van der Waals surface area contributed by atoms with E-state index in [9.17, 15) is 0 Å². The van der Waals surface area contributed by atoms with Crippen LogP contribution in [0.15, 0.2) is 103 Å². The average molecular weight is 406 g/mol. The van der Waals surface area contributed by atoms with Crippen molar-refractivity contribution in [2.75, 3.05) is 0 Å². The number of rotatable bonds is 0. The molecule has 2 nitrogen and oxygen atoms in total. The molecule has 0 unspecified atom stereocenters. The lowest BCUT2D eigenvalue weighted by atomic mass is 10.0. The van der Waals surface area contributed by atoms with Gasteiger partial charge in [-0.3, -0.25) is 0 Å². The van der Waals surface area contributed by atoms with Crippen molar-refractivity contribution in [1.29, 1.82) is 0 Å². The molecular weight excluding hydrogens is 388 g/mol. The van der Waals surface area contributed by atoms with Gasteiger partial charge in [0.25, 0.3) is 0 Å². The summed E-state index contributed by atoms with van der Waals surface area (Å²) in [5, 5.41) is 10.3. The summed E-state index contributed by atoms with van der Waals surface area (Å²) in [5.74, 6) is 0. The topological polar surface area (TPSA) is 20.2 Å². The molecule has 0 radical (unpaired) electrons. The van der Waals surface area contributed by atoms with Crippen molar-refractivity contribution in [2.45, 2.75) is 0 Å². The van der Waals surface area contributed by atoms with Gasteiger partial charge in [0, 0.05) is 21.7 Å². The summed E-state index contributed by atoms with van der Waals surface area (Å²) in [5.41, 5.74) is 6.14. The minimum Gasteiger partial charge on any atom is -0.353 e. The Morgan fingerprint density at radius 2 is 1.16 bits per heavy atom. The number of fused-ring (bicyclic) bond motifs is 10. The van der Waals surface area contributed by atoms with E-state index in [1.165, 1.54) is 70.7 Å². The van der Waals surface area contributed by atoms with Gasteiger partial charge in [0.05, 0.1) is 22.1 Å². The fourth-order valence-electron chi connectivity index (χ4n) is 5.79. The number of hydrogen-bond donors (Lipinski definition) is 1. The summed E-state index contributed by atoms with van der Waals surface area (Å²) in [7, 11) is 0. The summed E-state index contributed by atoms with van der Waals surface area (Å²) in [4.78, 5) is 3.81. The largest absolute Gasteiger partial charge is 0.353 e.